The molecule has 0 bridgehead atoms. The first kappa shape index (κ1) is 26.0. The van der Waals surface area contributed by atoms with Crippen molar-refractivity contribution in [1.82, 2.24) is 30.1 Å². The molecule has 0 saturated carbocycles. The molecule has 0 amide bonds. The van der Waals surface area contributed by atoms with Gasteiger partial charge < -0.3 is 4.98 Å². The van der Waals surface area contributed by atoms with E-state index in [1.54, 1.807) is 11.3 Å². The number of nitrogens with one attached hydrogen (secondary N) is 1. The second kappa shape index (κ2) is 11.0. The minimum atomic E-state index is -0.434. The van der Waals surface area contributed by atoms with Crippen molar-refractivity contribution in [3.05, 3.63) is 110 Å². The smallest absolute Gasteiger partial charge is 0.253 e. The van der Waals surface area contributed by atoms with Crippen LogP contribution >= 0.6 is 11.3 Å². The predicted octanol–water partition coefficient (Wildman–Crippen LogP) is 5.86. The van der Waals surface area contributed by atoms with E-state index in [0.717, 1.165) is 35.9 Å². The van der Waals surface area contributed by atoms with Crippen LogP contribution in [0.25, 0.3) is 10.9 Å². The number of fused-ring (bicyclic) bond motifs is 1. The van der Waals surface area contributed by atoms with Crippen LogP contribution in [0.1, 0.15) is 60.6 Å². The number of aromatic nitrogens is 5. The number of thiophene rings is 1. The molecule has 38 heavy (non-hydrogen) atoms. The molecular weight excluding hydrogens is 492 g/mol. The molecule has 0 aliphatic heterocycles. The molecule has 3 aromatic heterocycles. The summed E-state index contributed by atoms with van der Waals surface area (Å²) in [4.78, 5) is 20.5. The Labute approximate surface area is 227 Å². The van der Waals surface area contributed by atoms with E-state index < -0.39 is 6.04 Å². The van der Waals surface area contributed by atoms with E-state index in [1.165, 1.54) is 10.4 Å². The van der Waals surface area contributed by atoms with Crippen LogP contribution in [-0.4, -0.2) is 36.6 Å². The summed E-state index contributed by atoms with van der Waals surface area (Å²) in [6, 6.07) is 22.4. The van der Waals surface area contributed by atoms with Gasteiger partial charge >= 0.3 is 0 Å². The van der Waals surface area contributed by atoms with E-state index in [2.05, 4.69) is 100 Å². The van der Waals surface area contributed by atoms with Gasteiger partial charge in [0.05, 0.1) is 5.54 Å². The molecule has 5 rings (SSSR count). The number of aromatic amines is 1. The minimum Gasteiger partial charge on any atom is -0.322 e. The number of aryl methyl sites for hydroxylation is 1. The second-order valence-electron chi connectivity index (χ2n) is 10.4. The lowest BCUT2D eigenvalue weighted by atomic mass is 9.98. The van der Waals surface area contributed by atoms with Crippen LogP contribution in [0, 0.1) is 6.92 Å². The van der Waals surface area contributed by atoms with Crippen LogP contribution in [0.15, 0.2) is 76.9 Å². The van der Waals surface area contributed by atoms with Crippen LogP contribution in [0.5, 0.6) is 0 Å². The second-order valence-corrected chi connectivity index (χ2v) is 11.5. The van der Waals surface area contributed by atoms with E-state index in [1.807, 2.05) is 29.8 Å². The molecular formula is C30H34N6OS. The molecule has 8 heteroatoms. The maximum absolute atomic E-state index is 13.7. The third-order valence-electron chi connectivity index (χ3n) is 7.34. The van der Waals surface area contributed by atoms with Crippen LogP contribution in [-0.2, 0) is 18.5 Å². The van der Waals surface area contributed by atoms with Crippen LogP contribution in [0.3, 0.4) is 0 Å². The Hall–Kier alpha value is -3.62. The molecule has 0 radical (unpaired) electrons. The molecule has 0 spiro atoms. The Morgan fingerprint density at radius 2 is 1.89 bits per heavy atom. The Kier molecular flexibility index (Phi) is 7.53. The first-order valence-electron chi connectivity index (χ1n) is 13.1. The number of hydrogen-bond acceptors (Lipinski definition) is 6. The molecule has 7 nitrogen and oxygen atoms in total. The lowest BCUT2D eigenvalue weighted by Gasteiger charge is -2.33. The highest BCUT2D eigenvalue weighted by molar-refractivity contribution is 7.09. The maximum atomic E-state index is 13.7. The number of hydrogen-bond donors (Lipinski definition) is 1. The largest absolute Gasteiger partial charge is 0.322 e. The van der Waals surface area contributed by atoms with Gasteiger partial charge in [0.1, 0.15) is 6.04 Å². The number of H-pyrrole nitrogens is 1. The highest BCUT2D eigenvalue weighted by atomic mass is 32.1. The van der Waals surface area contributed by atoms with E-state index in [-0.39, 0.29) is 11.1 Å². The van der Waals surface area contributed by atoms with Crippen molar-refractivity contribution in [2.24, 2.45) is 0 Å². The Morgan fingerprint density at radius 1 is 1.08 bits per heavy atom. The molecule has 1 N–H and O–H groups in total. The van der Waals surface area contributed by atoms with Crippen molar-refractivity contribution in [1.29, 1.82) is 0 Å². The van der Waals surface area contributed by atoms with Crippen LogP contribution < -0.4 is 5.56 Å². The monoisotopic (exact) mass is 526 g/mol. The van der Waals surface area contributed by atoms with E-state index in [0.29, 0.717) is 17.9 Å². The van der Waals surface area contributed by atoms with Crippen molar-refractivity contribution < 1.29 is 0 Å². The zero-order chi connectivity index (χ0) is 26.7. The molecule has 0 fully saturated rings. The minimum absolute atomic E-state index is 0.118. The molecule has 5 aromatic rings. The maximum Gasteiger partial charge on any atom is 0.253 e. The average Bonchev–Trinajstić information content (AvgIpc) is 3.61. The fourth-order valence-corrected chi connectivity index (χ4v) is 5.53. The average molecular weight is 527 g/mol. The number of rotatable bonds is 10. The molecule has 0 saturated heterocycles. The van der Waals surface area contributed by atoms with Gasteiger partial charge in [0, 0.05) is 29.0 Å². The fraction of sp³-hybridized carbons (Fsp3) is 0.333. The highest BCUT2D eigenvalue weighted by Gasteiger charge is 2.34. The Morgan fingerprint density at radius 3 is 2.63 bits per heavy atom. The van der Waals surface area contributed by atoms with Gasteiger partial charge in [-0.3, -0.25) is 9.69 Å². The third-order valence-corrected chi connectivity index (χ3v) is 8.20. The van der Waals surface area contributed by atoms with Crippen LogP contribution in [0.2, 0.25) is 0 Å². The van der Waals surface area contributed by atoms with E-state index in [4.69, 9.17) is 0 Å². The SMILES string of the molecule is CCC(C)(C)n1nnnc1C(c1cc2ccc(C)cc2[nH]c1=O)N(CCc1ccccc1)Cc1cccs1. The summed E-state index contributed by atoms with van der Waals surface area (Å²) in [5.74, 6) is 0.679. The molecule has 0 aliphatic carbocycles. The van der Waals surface area contributed by atoms with Crippen molar-refractivity contribution in [3.8, 4) is 0 Å². The lowest BCUT2D eigenvalue weighted by molar-refractivity contribution is 0.191. The standard InChI is InChI=1S/C30H34N6OS/c1-5-30(3,4)36-28(32-33-34-36)27(25-19-23-14-13-21(2)18-26(23)31-29(25)37)35(20-24-12-9-17-38-24)16-15-22-10-7-6-8-11-22/h6-14,17-19,27H,5,15-16,20H2,1-4H3,(H,31,37). The van der Waals surface area contributed by atoms with Crippen molar-refractivity contribution in [2.45, 2.75) is 58.7 Å². The number of nitrogens with zero attached hydrogens (tertiary/aromatic N) is 5. The summed E-state index contributed by atoms with van der Waals surface area (Å²) >= 11 is 1.72. The summed E-state index contributed by atoms with van der Waals surface area (Å²) < 4.78 is 1.90. The van der Waals surface area contributed by atoms with Gasteiger partial charge in [-0.1, -0.05) is 55.5 Å². The van der Waals surface area contributed by atoms with E-state index in [9.17, 15) is 4.79 Å². The molecule has 1 atom stereocenters. The van der Waals surface area contributed by atoms with Crippen molar-refractivity contribution >= 4 is 22.2 Å². The van der Waals surface area contributed by atoms with Gasteiger partial charge in [0.25, 0.3) is 5.56 Å². The lowest BCUT2D eigenvalue weighted by Crippen LogP contribution is -2.39. The molecule has 0 aliphatic rings. The Balaban J connectivity index is 1.68. The summed E-state index contributed by atoms with van der Waals surface area (Å²) in [7, 11) is 0. The highest BCUT2D eigenvalue weighted by Crippen LogP contribution is 2.32. The molecule has 2 aromatic carbocycles. The Bertz CT molecular complexity index is 1550. The van der Waals surface area contributed by atoms with E-state index >= 15 is 0 Å². The summed E-state index contributed by atoms with van der Waals surface area (Å²) in [5.41, 5.74) is 3.40. The first-order valence-corrected chi connectivity index (χ1v) is 14.0. The number of tetrazole rings is 1. The van der Waals surface area contributed by atoms with Gasteiger partial charge in [-0.15, -0.1) is 16.4 Å². The van der Waals surface area contributed by atoms with Crippen LogP contribution in [0.4, 0.5) is 0 Å². The molecule has 1 unspecified atom stereocenters. The van der Waals surface area contributed by atoms with Gasteiger partial charge in [-0.25, -0.2) is 4.68 Å². The fourth-order valence-electron chi connectivity index (χ4n) is 4.80. The third kappa shape index (κ3) is 5.47. The van der Waals surface area contributed by atoms with Gasteiger partial charge in [0.2, 0.25) is 0 Å². The molecule has 196 valence electrons. The molecule has 3 heterocycles. The number of benzene rings is 2. The first-order chi connectivity index (χ1) is 18.4. The zero-order valence-electron chi connectivity index (χ0n) is 22.4. The normalized spacial score (nSPS) is 12.9. The summed E-state index contributed by atoms with van der Waals surface area (Å²) in [6.45, 7) is 9.83. The van der Waals surface area contributed by atoms with Crippen molar-refractivity contribution in [2.75, 3.05) is 6.54 Å². The van der Waals surface area contributed by atoms with Gasteiger partial charge in [0.15, 0.2) is 5.82 Å². The van der Waals surface area contributed by atoms with Gasteiger partial charge in [-0.05, 0) is 84.1 Å². The predicted molar refractivity (Wildman–Crippen MR) is 153 cm³/mol. The summed E-state index contributed by atoms with van der Waals surface area (Å²) in [6.07, 6.45) is 1.69. The van der Waals surface area contributed by atoms with Crippen molar-refractivity contribution in [3.63, 3.8) is 0 Å². The zero-order valence-corrected chi connectivity index (χ0v) is 23.2. The number of pyridine rings is 1. The quantitative estimate of drug-likeness (QED) is 0.246. The van der Waals surface area contributed by atoms with Gasteiger partial charge in [-0.2, -0.15) is 0 Å². The summed E-state index contributed by atoms with van der Waals surface area (Å²) in [5, 5.41) is 16.2. The topological polar surface area (TPSA) is 79.7 Å².